The Hall–Kier alpha value is -2.60. The summed E-state index contributed by atoms with van der Waals surface area (Å²) >= 11 is 1.39. The number of aryl methyl sites for hydroxylation is 1. The van der Waals surface area contributed by atoms with Gasteiger partial charge in [0.05, 0.1) is 11.8 Å². The van der Waals surface area contributed by atoms with Crippen LogP contribution < -0.4 is 5.32 Å². The van der Waals surface area contributed by atoms with Crippen LogP contribution in [0.15, 0.2) is 59.8 Å². The van der Waals surface area contributed by atoms with Gasteiger partial charge in [0.25, 0.3) is 0 Å². The number of nitrogens with zero attached hydrogens (tertiary/aromatic N) is 3. The van der Waals surface area contributed by atoms with Crippen LogP contribution in [0.2, 0.25) is 0 Å². The van der Waals surface area contributed by atoms with E-state index in [1.54, 1.807) is 0 Å². The quantitative estimate of drug-likeness (QED) is 0.547. The van der Waals surface area contributed by atoms with Crippen LogP contribution in [-0.4, -0.2) is 26.4 Å². The third kappa shape index (κ3) is 5.70. The van der Waals surface area contributed by atoms with Gasteiger partial charge in [0.15, 0.2) is 5.16 Å². The maximum Gasteiger partial charge on any atom is 0.230 e. The Morgan fingerprint density at radius 1 is 1.03 bits per heavy atom. The first-order valence-corrected chi connectivity index (χ1v) is 10.9. The van der Waals surface area contributed by atoms with Crippen LogP contribution in [0.3, 0.4) is 0 Å². The summed E-state index contributed by atoms with van der Waals surface area (Å²) in [6.07, 6.45) is 1.07. The molecule has 0 fully saturated rings. The smallest absolute Gasteiger partial charge is 0.230 e. The second-order valence-electron chi connectivity index (χ2n) is 7.62. The molecule has 1 aromatic heterocycles. The van der Waals surface area contributed by atoms with E-state index in [-0.39, 0.29) is 11.9 Å². The van der Waals surface area contributed by atoms with Gasteiger partial charge >= 0.3 is 0 Å². The average molecular weight is 409 g/mol. The van der Waals surface area contributed by atoms with E-state index < -0.39 is 0 Å². The number of carbonyl (C=O) groups is 1. The van der Waals surface area contributed by atoms with Crippen molar-refractivity contribution in [2.45, 2.75) is 45.3 Å². The molecule has 5 nitrogen and oxygen atoms in total. The lowest BCUT2D eigenvalue weighted by Gasteiger charge is -2.15. The zero-order valence-corrected chi connectivity index (χ0v) is 18.2. The highest BCUT2D eigenvalue weighted by Crippen LogP contribution is 2.22. The fourth-order valence-electron chi connectivity index (χ4n) is 3.22. The summed E-state index contributed by atoms with van der Waals surface area (Å²) in [5, 5.41) is 12.2. The summed E-state index contributed by atoms with van der Waals surface area (Å²) < 4.78 is 1.97. The number of hydrogen-bond acceptors (Lipinski definition) is 4. The van der Waals surface area contributed by atoms with E-state index >= 15 is 0 Å². The lowest BCUT2D eigenvalue weighted by molar-refractivity contribution is -0.119. The summed E-state index contributed by atoms with van der Waals surface area (Å²) in [5.74, 6) is 1.71. The molecule has 3 rings (SSSR count). The van der Waals surface area contributed by atoms with Crippen LogP contribution in [0.25, 0.3) is 5.69 Å². The van der Waals surface area contributed by atoms with Gasteiger partial charge in [-0.3, -0.25) is 9.36 Å². The highest BCUT2D eigenvalue weighted by Gasteiger charge is 2.15. The van der Waals surface area contributed by atoms with Crippen LogP contribution in [-0.2, 0) is 11.2 Å². The van der Waals surface area contributed by atoms with Crippen molar-refractivity contribution in [2.75, 3.05) is 5.75 Å². The number of thioether (sulfide) groups is 1. The number of amides is 1. The second kappa shape index (κ2) is 9.74. The number of aromatic nitrogens is 3. The van der Waals surface area contributed by atoms with Crippen LogP contribution in [0.5, 0.6) is 0 Å². The van der Waals surface area contributed by atoms with Gasteiger partial charge in [0.1, 0.15) is 5.82 Å². The van der Waals surface area contributed by atoms with Crippen molar-refractivity contribution in [3.8, 4) is 5.69 Å². The van der Waals surface area contributed by atoms with Crippen molar-refractivity contribution >= 4 is 17.7 Å². The molecule has 0 saturated carbocycles. The monoisotopic (exact) mass is 408 g/mol. The lowest BCUT2D eigenvalue weighted by atomic mass is 10.00. The molecular weight excluding hydrogens is 380 g/mol. The van der Waals surface area contributed by atoms with Crippen molar-refractivity contribution in [1.82, 2.24) is 20.1 Å². The number of nitrogens with one attached hydrogen (secondary N) is 1. The van der Waals surface area contributed by atoms with E-state index in [1.807, 2.05) is 48.7 Å². The van der Waals surface area contributed by atoms with Crippen LogP contribution in [0.1, 0.15) is 43.8 Å². The van der Waals surface area contributed by atoms with Crippen LogP contribution >= 0.6 is 11.8 Å². The molecule has 3 aromatic rings. The molecule has 0 aliphatic heterocycles. The van der Waals surface area contributed by atoms with Crippen molar-refractivity contribution in [3.05, 3.63) is 71.5 Å². The first-order valence-electron chi connectivity index (χ1n) is 9.92. The van der Waals surface area contributed by atoms with E-state index in [1.165, 1.54) is 17.3 Å². The minimum atomic E-state index is -0.0371. The van der Waals surface area contributed by atoms with Gasteiger partial charge in [-0.1, -0.05) is 68.1 Å². The first kappa shape index (κ1) is 21.1. The van der Waals surface area contributed by atoms with Gasteiger partial charge < -0.3 is 5.32 Å². The Balaban J connectivity index is 1.58. The molecule has 1 atom stereocenters. The largest absolute Gasteiger partial charge is 0.349 e. The first-order chi connectivity index (χ1) is 13.9. The Bertz CT molecular complexity index is 935. The van der Waals surface area contributed by atoms with Gasteiger partial charge in [0.2, 0.25) is 5.91 Å². The highest BCUT2D eigenvalue weighted by molar-refractivity contribution is 7.99. The van der Waals surface area contributed by atoms with Crippen molar-refractivity contribution in [2.24, 2.45) is 5.92 Å². The van der Waals surface area contributed by atoms with Gasteiger partial charge in [-0.15, -0.1) is 10.2 Å². The molecule has 0 aliphatic rings. The standard InChI is InChI=1S/C23H28N4OS/c1-16(2)14-19-10-12-20(13-11-19)17(3)24-22(28)15-29-23-26-25-18(4)27(23)21-8-6-5-7-9-21/h5-13,16-17H,14-15H2,1-4H3,(H,24,28). The zero-order valence-electron chi connectivity index (χ0n) is 17.4. The van der Waals surface area contributed by atoms with Crippen molar-refractivity contribution < 1.29 is 4.79 Å². The van der Waals surface area contributed by atoms with E-state index in [0.717, 1.165) is 28.7 Å². The number of rotatable bonds is 8. The molecule has 152 valence electrons. The van der Waals surface area contributed by atoms with Gasteiger partial charge in [-0.05, 0) is 49.4 Å². The van der Waals surface area contributed by atoms with Gasteiger partial charge in [0, 0.05) is 5.69 Å². The topological polar surface area (TPSA) is 59.8 Å². The molecule has 1 N–H and O–H groups in total. The van der Waals surface area contributed by atoms with Crippen LogP contribution in [0.4, 0.5) is 0 Å². The normalized spacial score (nSPS) is 12.2. The van der Waals surface area contributed by atoms with Crippen LogP contribution in [0, 0.1) is 12.8 Å². The molecule has 1 amide bonds. The highest BCUT2D eigenvalue weighted by atomic mass is 32.2. The Morgan fingerprint density at radius 3 is 2.38 bits per heavy atom. The number of carbonyl (C=O) groups excluding carboxylic acids is 1. The SMILES string of the molecule is Cc1nnc(SCC(=O)NC(C)c2ccc(CC(C)C)cc2)n1-c1ccccc1. The van der Waals surface area contributed by atoms with E-state index in [4.69, 9.17) is 0 Å². The Kier molecular flexibility index (Phi) is 7.09. The third-order valence-corrected chi connectivity index (χ3v) is 5.57. The molecule has 2 aromatic carbocycles. The van der Waals surface area contributed by atoms with Gasteiger partial charge in [-0.2, -0.15) is 0 Å². The zero-order chi connectivity index (χ0) is 20.8. The van der Waals surface area contributed by atoms with E-state index in [2.05, 4.69) is 53.6 Å². The molecule has 6 heteroatoms. The van der Waals surface area contributed by atoms with Crippen molar-refractivity contribution in [3.63, 3.8) is 0 Å². The molecule has 0 saturated heterocycles. The summed E-state index contributed by atoms with van der Waals surface area (Å²) in [5.41, 5.74) is 3.43. The third-order valence-electron chi connectivity index (χ3n) is 4.64. The maximum absolute atomic E-state index is 12.5. The molecule has 0 bridgehead atoms. The fraction of sp³-hybridized carbons (Fsp3) is 0.348. The molecule has 1 unspecified atom stereocenters. The summed E-state index contributed by atoms with van der Waals surface area (Å²) in [7, 11) is 0. The lowest BCUT2D eigenvalue weighted by Crippen LogP contribution is -2.28. The summed E-state index contributed by atoms with van der Waals surface area (Å²) in [6.45, 7) is 8.36. The Labute approximate surface area is 176 Å². The molecule has 0 radical (unpaired) electrons. The number of hydrogen-bond donors (Lipinski definition) is 1. The number of benzene rings is 2. The minimum Gasteiger partial charge on any atom is -0.349 e. The molecular formula is C23H28N4OS. The Morgan fingerprint density at radius 2 is 1.72 bits per heavy atom. The second-order valence-corrected chi connectivity index (χ2v) is 8.56. The van der Waals surface area contributed by atoms with E-state index in [0.29, 0.717) is 11.7 Å². The fourth-order valence-corrected chi connectivity index (χ4v) is 4.03. The molecule has 29 heavy (non-hydrogen) atoms. The molecule has 0 aliphatic carbocycles. The van der Waals surface area contributed by atoms with Gasteiger partial charge in [-0.25, -0.2) is 0 Å². The maximum atomic E-state index is 12.5. The molecule has 0 spiro atoms. The summed E-state index contributed by atoms with van der Waals surface area (Å²) in [4.78, 5) is 12.5. The summed E-state index contributed by atoms with van der Waals surface area (Å²) in [6, 6.07) is 18.4. The number of para-hydroxylation sites is 1. The predicted octanol–water partition coefficient (Wildman–Crippen LogP) is 4.74. The minimum absolute atomic E-state index is 0.0194. The average Bonchev–Trinajstić information content (AvgIpc) is 3.07. The predicted molar refractivity (Wildman–Crippen MR) is 118 cm³/mol. The van der Waals surface area contributed by atoms with E-state index in [9.17, 15) is 4.79 Å². The van der Waals surface area contributed by atoms with Crippen molar-refractivity contribution in [1.29, 1.82) is 0 Å². The molecule has 1 heterocycles.